The first kappa shape index (κ1) is 20.2. The number of nitrogens with zero attached hydrogens (tertiary/aromatic N) is 1. The van der Waals surface area contributed by atoms with Gasteiger partial charge in [0.2, 0.25) is 5.91 Å². The third-order valence-electron chi connectivity index (χ3n) is 5.05. The number of nitrogens with two attached hydrogens (primary N) is 1. The van der Waals surface area contributed by atoms with Crippen LogP contribution in [0.4, 0.5) is 0 Å². The fourth-order valence-electron chi connectivity index (χ4n) is 3.60. The molecule has 0 saturated heterocycles. The molecule has 0 spiro atoms. The van der Waals surface area contributed by atoms with E-state index in [1.807, 2.05) is 6.07 Å². The highest BCUT2D eigenvalue weighted by Gasteiger charge is 2.34. The molecule has 8 heteroatoms. The summed E-state index contributed by atoms with van der Waals surface area (Å²) in [5, 5.41) is 9.44. The van der Waals surface area contributed by atoms with Crippen LogP contribution in [0.5, 0.6) is 11.5 Å². The minimum Gasteiger partial charge on any atom is -0.493 e. The Bertz CT molecular complexity index is 954. The number of primary amides is 1. The summed E-state index contributed by atoms with van der Waals surface area (Å²) >= 11 is 0. The number of hydrogen-bond donors (Lipinski definition) is 2. The van der Waals surface area contributed by atoms with Crippen molar-refractivity contribution < 1.29 is 29.0 Å². The summed E-state index contributed by atoms with van der Waals surface area (Å²) in [6.45, 7) is 0.358. The van der Waals surface area contributed by atoms with E-state index in [1.54, 1.807) is 11.0 Å². The molecular weight excluding hydrogens is 376 g/mol. The second-order valence-corrected chi connectivity index (χ2v) is 6.71. The van der Waals surface area contributed by atoms with Crippen LogP contribution in [-0.4, -0.2) is 48.6 Å². The molecule has 0 aliphatic carbocycles. The first-order chi connectivity index (χ1) is 13.8. The third-order valence-corrected chi connectivity index (χ3v) is 5.05. The Kier molecular flexibility index (Phi) is 5.72. The zero-order chi connectivity index (χ0) is 21.1. The predicted molar refractivity (Wildman–Crippen MR) is 104 cm³/mol. The fourth-order valence-corrected chi connectivity index (χ4v) is 3.60. The molecule has 0 unspecified atom stereocenters. The standard InChI is InChI=1S/C21H22N2O6/c1-28-17-9-14-7-8-23(16(11-19(24)25)15(14)10-18(17)29-2)21(27)13-5-3-12(4-6-13)20(22)26/h3-6,9-10,16H,7-8,11H2,1-2H3,(H2,22,26)(H,24,25)/t16-/m1/s1. The molecular formula is C21H22N2O6. The van der Waals surface area contributed by atoms with Crippen molar-refractivity contribution in [2.75, 3.05) is 20.8 Å². The van der Waals surface area contributed by atoms with Crippen molar-refractivity contribution in [3.8, 4) is 11.5 Å². The van der Waals surface area contributed by atoms with E-state index in [0.717, 1.165) is 11.1 Å². The molecule has 3 N–H and O–H groups in total. The Labute approximate surface area is 167 Å². The van der Waals surface area contributed by atoms with E-state index >= 15 is 0 Å². The number of fused-ring (bicyclic) bond motifs is 1. The van der Waals surface area contributed by atoms with E-state index in [-0.39, 0.29) is 12.3 Å². The number of carboxylic acid groups (broad SMARTS) is 1. The molecule has 1 aliphatic rings. The lowest BCUT2D eigenvalue weighted by Gasteiger charge is -2.37. The number of amides is 2. The summed E-state index contributed by atoms with van der Waals surface area (Å²) in [6, 6.07) is 8.90. The van der Waals surface area contributed by atoms with E-state index in [0.29, 0.717) is 35.6 Å². The van der Waals surface area contributed by atoms with Gasteiger partial charge in [-0.05, 0) is 53.9 Å². The Morgan fingerprint density at radius 2 is 1.66 bits per heavy atom. The molecule has 0 bridgehead atoms. The maximum absolute atomic E-state index is 13.1. The molecule has 1 heterocycles. The molecule has 1 aliphatic heterocycles. The summed E-state index contributed by atoms with van der Waals surface area (Å²) in [7, 11) is 3.04. The SMILES string of the molecule is COc1cc2c(cc1OC)[C@@H](CC(=O)O)N(C(=O)c1ccc(C(N)=O)cc1)CC2. The quantitative estimate of drug-likeness (QED) is 0.768. The van der Waals surface area contributed by atoms with Crippen molar-refractivity contribution in [3.63, 3.8) is 0 Å². The van der Waals surface area contributed by atoms with Gasteiger partial charge < -0.3 is 25.2 Å². The van der Waals surface area contributed by atoms with Crippen molar-refractivity contribution >= 4 is 17.8 Å². The van der Waals surface area contributed by atoms with Gasteiger partial charge in [-0.3, -0.25) is 14.4 Å². The summed E-state index contributed by atoms with van der Waals surface area (Å²) in [5.74, 6) is -0.878. The lowest BCUT2D eigenvalue weighted by Crippen LogP contribution is -2.41. The monoisotopic (exact) mass is 398 g/mol. The Morgan fingerprint density at radius 1 is 1.07 bits per heavy atom. The number of aliphatic carboxylic acids is 1. The first-order valence-electron chi connectivity index (χ1n) is 9.03. The third kappa shape index (κ3) is 4.01. The van der Waals surface area contributed by atoms with Crippen molar-refractivity contribution in [2.45, 2.75) is 18.9 Å². The lowest BCUT2D eigenvalue weighted by molar-refractivity contribution is -0.138. The molecule has 0 saturated carbocycles. The molecule has 152 valence electrons. The van der Waals surface area contributed by atoms with Gasteiger partial charge in [-0.1, -0.05) is 0 Å². The average molecular weight is 398 g/mol. The van der Waals surface area contributed by atoms with Gasteiger partial charge in [0.05, 0.1) is 26.7 Å². The van der Waals surface area contributed by atoms with Crippen LogP contribution in [0.25, 0.3) is 0 Å². The zero-order valence-electron chi connectivity index (χ0n) is 16.2. The highest BCUT2D eigenvalue weighted by Crippen LogP contribution is 2.40. The number of carbonyl (C=O) groups excluding carboxylic acids is 2. The zero-order valence-corrected chi connectivity index (χ0v) is 16.2. The van der Waals surface area contributed by atoms with E-state index in [1.165, 1.54) is 38.5 Å². The number of methoxy groups -OCH3 is 2. The molecule has 0 fully saturated rings. The van der Waals surface area contributed by atoms with Gasteiger partial charge in [0, 0.05) is 17.7 Å². The van der Waals surface area contributed by atoms with E-state index in [9.17, 15) is 19.5 Å². The van der Waals surface area contributed by atoms with Crippen molar-refractivity contribution in [2.24, 2.45) is 5.73 Å². The van der Waals surface area contributed by atoms with Crippen LogP contribution in [0, 0.1) is 0 Å². The van der Waals surface area contributed by atoms with Crippen molar-refractivity contribution in [1.82, 2.24) is 4.90 Å². The van der Waals surface area contributed by atoms with E-state index in [2.05, 4.69) is 0 Å². The number of ether oxygens (including phenoxy) is 2. The highest BCUT2D eigenvalue weighted by molar-refractivity contribution is 5.97. The predicted octanol–water partition coefficient (Wildman–Crippen LogP) is 2.02. The smallest absolute Gasteiger partial charge is 0.305 e. The second kappa shape index (κ2) is 8.22. The molecule has 8 nitrogen and oxygen atoms in total. The summed E-state index contributed by atoms with van der Waals surface area (Å²) in [4.78, 5) is 37.4. The second-order valence-electron chi connectivity index (χ2n) is 6.71. The molecule has 0 radical (unpaired) electrons. The maximum Gasteiger partial charge on any atom is 0.305 e. The Morgan fingerprint density at radius 3 is 2.21 bits per heavy atom. The minimum absolute atomic E-state index is 0.242. The van der Waals surface area contributed by atoms with Crippen LogP contribution in [-0.2, 0) is 11.2 Å². The largest absolute Gasteiger partial charge is 0.493 e. The number of carboxylic acids is 1. The fraction of sp³-hybridized carbons (Fsp3) is 0.286. The molecule has 1 atom stereocenters. The van der Waals surface area contributed by atoms with Crippen LogP contribution < -0.4 is 15.2 Å². The molecule has 2 aromatic rings. The van der Waals surface area contributed by atoms with Gasteiger partial charge in [0.25, 0.3) is 5.91 Å². The lowest BCUT2D eigenvalue weighted by atomic mass is 9.89. The van der Waals surface area contributed by atoms with Gasteiger partial charge in [-0.25, -0.2) is 0 Å². The number of rotatable bonds is 6. The first-order valence-corrected chi connectivity index (χ1v) is 9.03. The van der Waals surface area contributed by atoms with Crippen molar-refractivity contribution in [3.05, 3.63) is 58.7 Å². The molecule has 0 aromatic heterocycles. The molecule has 3 rings (SSSR count). The van der Waals surface area contributed by atoms with Gasteiger partial charge in [-0.2, -0.15) is 0 Å². The van der Waals surface area contributed by atoms with E-state index < -0.39 is 17.9 Å². The number of carbonyl (C=O) groups is 3. The average Bonchev–Trinajstić information content (AvgIpc) is 2.72. The summed E-state index contributed by atoms with van der Waals surface area (Å²) in [5.41, 5.74) is 7.53. The van der Waals surface area contributed by atoms with Crippen LogP contribution in [0.2, 0.25) is 0 Å². The van der Waals surface area contributed by atoms with Gasteiger partial charge >= 0.3 is 5.97 Å². The summed E-state index contributed by atoms with van der Waals surface area (Å²) < 4.78 is 10.7. The van der Waals surface area contributed by atoms with Gasteiger partial charge in [-0.15, -0.1) is 0 Å². The van der Waals surface area contributed by atoms with Crippen LogP contribution >= 0.6 is 0 Å². The minimum atomic E-state index is -1.01. The maximum atomic E-state index is 13.1. The Balaban J connectivity index is 2.00. The normalized spacial score (nSPS) is 15.4. The Hall–Kier alpha value is -3.55. The number of hydrogen-bond acceptors (Lipinski definition) is 5. The molecule has 29 heavy (non-hydrogen) atoms. The van der Waals surface area contributed by atoms with Gasteiger partial charge in [0.1, 0.15) is 0 Å². The van der Waals surface area contributed by atoms with Crippen LogP contribution in [0.3, 0.4) is 0 Å². The topological polar surface area (TPSA) is 119 Å². The number of benzene rings is 2. The van der Waals surface area contributed by atoms with Crippen LogP contribution in [0.1, 0.15) is 44.3 Å². The van der Waals surface area contributed by atoms with Gasteiger partial charge in [0.15, 0.2) is 11.5 Å². The highest BCUT2D eigenvalue weighted by atomic mass is 16.5. The summed E-state index contributed by atoms with van der Waals surface area (Å²) in [6.07, 6.45) is 0.310. The van der Waals surface area contributed by atoms with Crippen LogP contribution in [0.15, 0.2) is 36.4 Å². The van der Waals surface area contributed by atoms with Crippen molar-refractivity contribution in [1.29, 1.82) is 0 Å². The molecule has 2 amide bonds. The molecule has 2 aromatic carbocycles. The van der Waals surface area contributed by atoms with E-state index in [4.69, 9.17) is 15.2 Å².